The third-order valence-electron chi connectivity index (χ3n) is 3.92. The standard InChI is InChI=1S/C22H24N2OS/c1-15(2)20-13-21(25-19-11-16(3)10-17(4)12-19)24-22(23-20)26-14-18-8-6-5-7-9-18/h5-13,15H,14H2,1-4H3. The van der Waals surface area contributed by atoms with Crippen molar-refractivity contribution in [2.24, 2.45) is 0 Å². The van der Waals surface area contributed by atoms with E-state index >= 15 is 0 Å². The highest BCUT2D eigenvalue weighted by Crippen LogP contribution is 2.28. The third kappa shape index (κ3) is 5.09. The summed E-state index contributed by atoms with van der Waals surface area (Å²) in [6, 6.07) is 18.5. The van der Waals surface area contributed by atoms with E-state index in [9.17, 15) is 0 Å². The van der Waals surface area contributed by atoms with Crippen molar-refractivity contribution in [3.63, 3.8) is 0 Å². The van der Waals surface area contributed by atoms with Gasteiger partial charge in [-0.05, 0) is 48.6 Å². The van der Waals surface area contributed by atoms with Crippen molar-refractivity contribution in [2.45, 2.75) is 44.5 Å². The first-order valence-electron chi connectivity index (χ1n) is 8.81. The van der Waals surface area contributed by atoms with Crippen LogP contribution in [0.3, 0.4) is 0 Å². The molecule has 2 aromatic carbocycles. The number of nitrogens with zero attached hydrogens (tertiary/aromatic N) is 2. The predicted octanol–water partition coefficient (Wildman–Crippen LogP) is 6.30. The highest BCUT2D eigenvalue weighted by atomic mass is 32.2. The second-order valence-corrected chi connectivity index (χ2v) is 7.71. The van der Waals surface area contributed by atoms with Crippen LogP contribution in [0, 0.1) is 13.8 Å². The normalized spacial score (nSPS) is 11.0. The van der Waals surface area contributed by atoms with Crippen molar-refractivity contribution in [1.29, 1.82) is 0 Å². The zero-order chi connectivity index (χ0) is 18.5. The first-order valence-corrected chi connectivity index (χ1v) is 9.80. The number of rotatable bonds is 6. The minimum atomic E-state index is 0.315. The van der Waals surface area contributed by atoms with Crippen molar-refractivity contribution in [2.75, 3.05) is 0 Å². The van der Waals surface area contributed by atoms with E-state index in [1.807, 2.05) is 24.3 Å². The van der Waals surface area contributed by atoms with Gasteiger partial charge in [-0.3, -0.25) is 0 Å². The molecule has 0 aliphatic rings. The van der Waals surface area contributed by atoms with E-state index in [4.69, 9.17) is 9.72 Å². The Morgan fingerprint density at radius 2 is 1.62 bits per heavy atom. The molecule has 0 saturated carbocycles. The Labute approximate surface area is 159 Å². The predicted molar refractivity (Wildman–Crippen MR) is 108 cm³/mol. The van der Waals surface area contributed by atoms with Crippen LogP contribution in [0.5, 0.6) is 11.6 Å². The SMILES string of the molecule is Cc1cc(C)cc(Oc2cc(C(C)C)nc(SCc3ccccc3)n2)c1. The van der Waals surface area contributed by atoms with E-state index in [2.05, 4.69) is 63.0 Å². The highest BCUT2D eigenvalue weighted by Gasteiger charge is 2.11. The van der Waals surface area contributed by atoms with Gasteiger partial charge in [0, 0.05) is 11.8 Å². The van der Waals surface area contributed by atoms with Crippen molar-refractivity contribution < 1.29 is 4.74 Å². The maximum atomic E-state index is 6.06. The summed E-state index contributed by atoms with van der Waals surface area (Å²) in [4.78, 5) is 9.31. The molecule has 134 valence electrons. The van der Waals surface area contributed by atoms with Crippen LogP contribution in [-0.4, -0.2) is 9.97 Å². The Morgan fingerprint density at radius 1 is 0.923 bits per heavy atom. The van der Waals surface area contributed by atoms with Crippen LogP contribution in [0.2, 0.25) is 0 Å². The van der Waals surface area contributed by atoms with Crippen LogP contribution >= 0.6 is 11.8 Å². The van der Waals surface area contributed by atoms with E-state index in [-0.39, 0.29) is 0 Å². The van der Waals surface area contributed by atoms with Crippen LogP contribution in [0.15, 0.2) is 59.8 Å². The van der Waals surface area contributed by atoms with Gasteiger partial charge in [0.15, 0.2) is 5.16 Å². The zero-order valence-corrected chi connectivity index (χ0v) is 16.5. The number of hydrogen-bond donors (Lipinski definition) is 0. The average molecular weight is 365 g/mol. The number of aromatic nitrogens is 2. The smallest absolute Gasteiger partial charge is 0.223 e. The molecule has 3 nitrogen and oxygen atoms in total. The van der Waals surface area contributed by atoms with Gasteiger partial charge >= 0.3 is 0 Å². The number of thioether (sulfide) groups is 1. The molecule has 0 N–H and O–H groups in total. The summed E-state index contributed by atoms with van der Waals surface area (Å²) < 4.78 is 6.06. The molecule has 1 heterocycles. The Bertz CT molecular complexity index is 858. The molecule has 0 saturated heterocycles. The third-order valence-corrected chi connectivity index (χ3v) is 4.84. The largest absolute Gasteiger partial charge is 0.439 e. The van der Waals surface area contributed by atoms with E-state index in [0.29, 0.717) is 11.8 Å². The second-order valence-electron chi connectivity index (χ2n) is 6.77. The van der Waals surface area contributed by atoms with Crippen LogP contribution in [0.25, 0.3) is 0 Å². The monoisotopic (exact) mass is 364 g/mol. The molecule has 0 spiro atoms. The van der Waals surface area contributed by atoms with Crippen molar-refractivity contribution in [3.8, 4) is 11.6 Å². The summed E-state index contributed by atoms with van der Waals surface area (Å²) >= 11 is 1.63. The van der Waals surface area contributed by atoms with Crippen LogP contribution < -0.4 is 4.74 Å². The molecular formula is C22H24N2OS. The summed E-state index contributed by atoms with van der Waals surface area (Å²) in [6.45, 7) is 8.41. The van der Waals surface area contributed by atoms with Crippen LogP contribution in [-0.2, 0) is 5.75 Å². The van der Waals surface area contributed by atoms with Gasteiger partial charge in [-0.1, -0.05) is 62.0 Å². The number of aryl methyl sites for hydroxylation is 2. The quantitative estimate of drug-likeness (QED) is 0.380. The van der Waals surface area contributed by atoms with Gasteiger partial charge in [-0.15, -0.1) is 0 Å². The molecule has 1 aromatic heterocycles. The molecule has 3 rings (SSSR count). The lowest BCUT2D eigenvalue weighted by atomic mass is 10.1. The summed E-state index contributed by atoms with van der Waals surface area (Å²) in [5.41, 5.74) is 4.61. The van der Waals surface area contributed by atoms with Crippen molar-refractivity contribution in [1.82, 2.24) is 9.97 Å². The molecule has 0 atom stereocenters. The number of ether oxygens (including phenoxy) is 1. The lowest BCUT2D eigenvalue weighted by molar-refractivity contribution is 0.452. The number of benzene rings is 2. The van der Waals surface area contributed by atoms with Gasteiger partial charge < -0.3 is 4.74 Å². The second kappa shape index (κ2) is 8.37. The van der Waals surface area contributed by atoms with E-state index in [1.54, 1.807) is 11.8 Å². The first kappa shape index (κ1) is 18.5. The van der Waals surface area contributed by atoms with E-state index in [1.165, 1.54) is 16.7 Å². The van der Waals surface area contributed by atoms with Gasteiger partial charge in [0.1, 0.15) is 5.75 Å². The van der Waals surface area contributed by atoms with Crippen molar-refractivity contribution >= 4 is 11.8 Å². The molecule has 0 bridgehead atoms. The molecule has 4 heteroatoms. The van der Waals surface area contributed by atoms with Crippen LogP contribution in [0.4, 0.5) is 0 Å². The van der Waals surface area contributed by atoms with Gasteiger partial charge in [-0.2, -0.15) is 4.98 Å². The minimum absolute atomic E-state index is 0.315. The van der Waals surface area contributed by atoms with Gasteiger partial charge in [0.05, 0.1) is 5.69 Å². The molecule has 3 aromatic rings. The molecule has 0 radical (unpaired) electrons. The lowest BCUT2D eigenvalue weighted by Gasteiger charge is -2.12. The fraction of sp³-hybridized carbons (Fsp3) is 0.273. The molecule has 0 aliphatic heterocycles. The molecule has 0 amide bonds. The maximum Gasteiger partial charge on any atom is 0.223 e. The number of hydrogen-bond acceptors (Lipinski definition) is 4. The summed E-state index contributed by atoms with van der Waals surface area (Å²) in [5, 5.41) is 0.749. The summed E-state index contributed by atoms with van der Waals surface area (Å²) in [5.74, 6) is 2.57. The van der Waals surface area contributed by atoms with E-state index < -0.39 is 0 Å². The summed E-state index contributed by atoms with van der Waals surface area (Å²) in [6.07, 6.45) is 0. The molecule has 0 fully saturated rings. The first-order chi connectivity index (χ1) is 12.5. The van der Waals surface area contributed by atoms with Gasteiger partial charge in [0.2, 0.25) is 5.88 Å². The van der Waals surface area contributed by atoms with E-state index in [0.717, 1.165) is 22.4 Å². The Kier molecular flexibility index (Phi) is 5.94. The van der Waals surface area contributed by atoms with Crippen molar-refractivity contribution in [3.05, 3.63) is 77.0 Å². The summed E-state index contributed by atoms with van der Waals surface area (Å²) in [7, 11) is 0. The average Bonchev–Trinajstić information content (AvgIpc) is 2.60. The van der Waals surface area contributed by atoms with Crippen LogP contribution in [0.1, 0.15) is 42.1 Å². The zero-order valence-electron chi connectivity index (χ0n) is 15.7. The van der Waals surface area contributed by atoms with Gasteiger partial charge in [0.25, 0.3) is 0 Å². The lowest BCUT2D eigenvalue weighted by Crippen LogP contribution is -2.00. The molecule has 26 heavy (non-hydrogen) atoms. The molecular weight excluding hydrogens is 340 g/mol. The Hall–Kier alpha value is -2.33. The fourth-order valence-corrected chi connectivity index (χ4v) is 3.48. The maximum absolute atomic E-state index is 6.06. The Balaban J connectivity index is 1.83. The topological polar surface area (TPSA) is 35.0 Å². The fourth-order valence-electron chi connectivity index (χ4n) is 2.67. The molecule has 0 unspecified atom stereocenters. The Morgan fingerprint density at radius 3 is 2.27 bits per heavy atom. The minimum Gasteiger partial charge on any atom is -0.439 e. The highest BCUT2D eigenvalue weighted by molar-refractivity contribution is 7.98. The molecule has 0 aliphatic carbocycles. The van der Waals surface area contributed by atoms with Gasteiger partial charge in [-0.25, -0.2) is 4.98 Å².